The average molecular weight is 302 g/mol. The van der Waals surface area contributed by atoms with Crippen LogP contribution >= 0.6 is 12.2 Å². The van der Waals surface area contributed by atoms with E-state index in [1.54, 1.807) is 6.92 Å². The molecule has 0 aromatic carbocycles. The molecule has 0 atom stereocenters. The third-order valence-electron chi connectivity index (χ3n) is 3.58. The fraction of sp³-hybridized carbons (Fsp3) is 0.636. The molecule has 0 amide bonds. The number of H-pyrrole nitrogens is 1. The summed E-state index contributed by atoms with van der Waals surface area (Å²) >= 11 is 5.09. The Morgan fingerprint density at radius 2 is 2.11 bits per heavy atom. The smallest absolute Gasteiger partial charge is 0.244 e. The summed E-state index contributed by atoms with van der Waals surface area (Å²) in [4.78, 5) is 0.366. The van der Waals surface area contributed by atoms with E-state index in [1.165, 1.54) is 6.20 Å². The Morgan fingerprint density at radius 3 is 2.58 bits per heavy atom. The SMILES string of the molecule is Cc1[nH]ncc1S(=O)(=O)NC1(C(N)=S)CCCCC1. The number of aromatic nitrogens is 2. The van der Waals surface area contributed by atoms with Crippen molar-refractivity contribution in [3.63, 3.8) is 0 Å². The molecular weight excluding hydrogens is 284 g/mol. The van der Waals surface area contributed by atoms with Gasteiger partial charge in [-0.15, -0.1) is 0 Å². The number of nitrogens with two attached hydrogens (primary N) is 1. The number of rotatable bonds is 4. The molecule has 0 saturated heterocycles. The fourth-order valence-electron chi connectivity index (χ4n) is 2.48. The van der Waals surface area contributed by atoms with Gasteiger partial charge in [0.1, 0.15) is 4.90 Å². The summed E-state index contributed by atoms with van der Waals surface area (Å²) in [6.07, 6.45) is 5.52. The summed E-state index contributed by atoms with van der Waals surface area (Å²) in [7, 11) is -3.66. The van der Waals surface area contributed by atoms with Gasteiger partial charge in [-0.1, -0.05) is 31.5 Å². The van der Waals surface area contributed by atoms with Crippen molar-refractivity contribution in [1.82, 2.24) is 14.9 Å². The number of hydrogen-bond donors (Lipinski definition) is 3. The van der Waals surface area contributed by atoms with E-state index in [2.05, 4.69) is 14.9 Å². The van der Waals surface area contributed by atoms with Gasteiger partial charge in [-0.2, -0.15) is 9.82 Å². The van der Waals surface area contributed by atoms with Crippen molar-refractivity contribution in [1.29, 1.82) is 0 Å². The molecule has 8 heteroatoms. The predicted octanol–water partition coefficient (Wildman–Crippen LogP) is 0.985. The molecule has 0 spiro atoms. The van der Waals surface area contributed by atoms with Gasteiger partial charge in [0.15, 0.2) is 0 Å². The van der Waals surface area contributed by atoms with Crippen LogP contribution in [0.3, 0.4) is 0 Å². The van der Waals surface area contributed by atoms with Crippen molar-refractivity contribution in [2.24, 2.45) is 5.73 Å². The van der Waals surface area contributed by atoms with E-state index in [0.717, 1.165) is 19.3 Å². The minimum absolute atomic E-state index is 0.147. The second kappa shape index (κ2) is 5.18. The number of hydrogen-bond acceptors (Lipinski definition) is 4. The molecule has 4 N–H and O–H groups in total. The van der Waals surface area contributed by atoms with Gasteiger partial charge in [-0.25, -0.2) is 8.42 Å². The first-order valence-electron chi connectivity index (χ1n) is 6.21. The molecule has 2 rings (SSSR count). The zero-order valence-corrected chi connectivity index (χ0v) is 12.4. The highest BCUT2D eigenvalue weighted by Crippen LogP contribution is 2.30. The molecule has 106 valence electrons. The lowest BCUT2D eigenvalue weighted by molar-refractivity contribution is 0.353. The van der Waals surface area contributed by atoms with E-state index in [-0.39, 0.29) is 9.88 Å². The van der Waals surface area contributed by atoms with Crippen molar-refractivity contribution < 1.29 is 8.42 Å². The maximum Gasteiger partial charge on any atom is 0.244 e. The van der Waals surface area contributed by atoms with Crippen LogP contribution in [0.5, 0.6) is 0 Å². The highest BCUT2D eigenvalue weighted by molar-refractivity contribution is 7.89. The first kappa shape index (κ1) is 14.4. The third-order valence-corrected chi connectivity index (χ3v) is 5.62. The van der Waals surface area contributed by atoms with E-state index in [9.17, 15) is 8.42 Å². The van der Waals surface area contributed by atoms with Crippen LogP contribution in [0.4, 0.5) is 0 Å². The second-order valence-corrected chi connectivity index (χ2v) is 7.06. The van der Waals surface area contributed by atoms with E-state index in [1.807, 2.05) is 0 Å². The van der Waals surface area contributed by atoms with E-state index < -0.39 is 15.6 Å². The number of nitrogens with one attached hydrogen (secondary N) is 2. The number of sulfonamides is 1. The summed E-state index contributed by atoms with van der Waals surface area (Å²) in [5, 5.41) is 6.36. The van der Waals surface area contributed by atoms with Gasteiger partial charge in [0.25, 0.3) is 0 Å². The molecule has 1 saturated carbocycles. The van der Waals surface area contributed by atoms with Gasteiger partial charge in [0.2, 0.25) is 10.0 Å². The molecule has 1 aromatic heterocycles. The number of thiocarbonyl (C=S) groups is 1. The number of aryl methyl sites for hydroxylation is 1. The topological polar surface area (TPSA) is 101 Å². The van der Waals surface area contributed by atoms with Gasteiger partial charge in [-0.3, -0.25) is 5.10 Å². The lowest BCUT2D eigenvalue weighted by Crippen LogP contribution is -2.57. The molecule has 0 bridgehead atoms. The summed E-state index contributed by atoms with van der Waals surface area (Å²) in [6.45, 7) is 1.66. The average Bonchev–Trinajstić information content (AvgIpc) is 2.77. The highest BCUT2D eigenvalue weighted by Gasteiger charge is 2.39. The van der Waals surface area contributed by atoms with Crippen LogP contribution in [0.2, 0.25) is 0 Å². The van der Waals surface area contributed by atoms with Crippen LogP contribution in [0.15, 0.2) is 11.1 Å². The van der Waals surface area contributed by atoms with Crippen molar-refractivity contribution in [3.8, 4) is 0 Å². The quantitative estimate of drug-likeness (QED) is 0.720. The molecule has 19 heavy (non-hydrogen) atoms. The minimum atomic E-state index is -3.66. The molecule has 6 nitrogen and oxygen atoms in total. The summed E-state index contributed by atoms with van der Waals surface area (Å²) in [5.74, 6) is 0. The fourth-order valence-corrected chi connectivity index (χ4v) is 4.38. The molecule has 0 radical (unpaired) electrons. The Labute approximate surface area is 118 Å². The van der Waals surface area contributed by atoms with Gasteiger partial charge in [0.05, 0.1) is 22.4 Å². The Balaban J connectivity index is 2.32. The minimum Gasteiger partial charge on any atom is -0.392 e. The third kappa shape index (κ3) is 2.80. The zero-order valence-electron chi connectivity index (χ0n) is 10.8. The molecular formula is C11H18N4O2S2. The van der Waals surface area contributed by atoms with Crippen LogP contribution in [-0.2, 0) is 10.0 Å². The van der Waals surface area contributed by atoms with Crippen molar-refractivity contribution in [2.75, 3.05) is 0 Å². The number of aromatic amines is 1. The predicted molar refractivity (Wildman–Crippen MR) is 76.2 cm³/mol. The standard InChI is InChI=1S/C11H18N4O2S2/c1-8-9(7-13-14-8)19(16,17)15-11(10(12)18)5-3-2-4-6-11/h7,15H,2-6H2,1H3,(H2,12,18)(H,13,14). The molecule has 1 heterocycles. The van der Waals surface area contributed by atoms with E-state index >= 15 is 0 Å². The first-order valence-corrected chi connectivity index (χ1v) is 8.10. The Morgan fingerprint density at radius 1 is 1.47 bits per heavy atom. The molecule has 1 aromatic rings. The van der Waals surface area contributed by atoms with Crippen LogP contribution < -0.4 is 10.5 Å². The maximum atomic E-state index is 12.4. The number of nitrogens with zero attached hydrogens (tertiary/aromatic N) is 1. The molecule has 1 aliphatic carbocycles. The van der Waals surface area contributed by atoms with Crippen molar-refractivity contribution in [3.05, 3.63) is 11.9 Å². The maximum absolute atomic E-state index is 12.4. The lowest BCUT2D eigenvalue weighted by Gasteiger charge is -2.36. The lowest BCUT2D eigenvalue weighted by atomic mass is 9.82. The highest BCUT2D eigenvalue weighted by atomic mass is 32.2. The largest absolute Gasteiger partial charge is 0.392 e. The van der Waals surface area contributed by atoms with Crippen molar-refractivity contribution in [2.45, 2.75) is 49.5 Å². The first-order chi connectivity index (χ1) is 8.87. The Kier molecular flexibility index (Phi) is 3.93. The summed E-state index contributed by atoms with van der Waals surface area (Å²) in [5.41, 5.74) is 5.49. The van der Waals surface area contributed by atoms with Gasteiger partial charge >= 0.3 is 0 Å². The summed E-state index contributed by atoms with van der Waals surface area (Å²) < 4.78 is 27.5. The summed E-state index contributed by atoms with van der Waals surface area (Å²) in [6, 6.07) is 0. The van der Waals surface area contributed by atoms with Gasteiger partial charge in [0, 0.05) is 0 Å². The molecule has 1 aliphatic rings. The molecule has 0 aliphatic heterocycles. The monoisotopic (exact) mass is 302 g/mol. The van der Waals surface area contributed by atoms with Crippen LogP contribution in [0, 0.1) is 6.92 Å². The van der Waals surface area contributed by atoms with Crippen molar-refractivity contribution >= 4 is 27.2 Å². The van der Waals surface area contributed by atoms with Crippen LogP contribution in [0.25, 0.3) is 0 Å². The molecule has 0 unspecified atom stereocenters. The Hall–Kier alpha value is -0.990. The Bertz CT molecular complexity index is 573. The van der Waals surface area contributed by atoms with Crippen LogP contribution in [0.1, 0.15) is 37.8 Å². The van der Waals surface area contributed by atoms with Gasteiger partial charge < -0.3 is 5.73 Å². The van der Waals surface area contributed by atoms with Crippen LogP contribution in [-0.4, -0.2) is 29.1 Å². The second-order valence-electron chi connectivity index (χ2n) is 4.97. The van der Waals surface area contributed by atoms with Gasteiger partial charge in [-0.05, 0) is 19.8 Å². The van der Waals surface area contributed by atoms with E-state index in [4.69, 9.17) is 18.0 Å². The zero-order chi connectivity index (χ0) is 14.1. The molecule has 1 fully saturated rings. The van der Waals surface area contributed by atoms with E-state index in [0.29, 0.717) is 18.5 Å². The normalized spacial score (nSPS) is 19.2.